The summed E-state index contributed by atoms with van der Waals surface area (Å²) >= 11 is 0. The van der Waals surface area contributed by atoms with Gasteiger partial charge < -0.3 is 4.74 Å². The van der Waals surface area contributed by atoms with Crippen LogP contribution in [0.5, 0.6) is 0 Å². The summed E-state index contributed by atoms with van der Waals surface area (Å²) in [5, 5.41) is 4.90. The lowest BCUT2D eigenvalue weighted by Gasteiger charge is -2.43. The highest BCUT2D eigenvalue weighted by atomic mass is 16.5. The van der Waals surface area contributed by atoms with Gasteiger partial charge in [0.25, 0.3) is 0 Å². The number of aromatic nitrogens is 4. The molecule has 3 aliphatic rings. The molecule has 2 atom stereocenters. The van der Waals surface area contributed by atoms with Gasteiger partial charge in [-0.1, -0.05) is 0 Å². The molecule has 2 saturated heterocycles. The smallest absolute Gasteiger partial charge is 0.159 e. The summed E-state index contributed by atoms with van der Waals surface area (Å²) in [5.41, 5.74) is 4.53. The van der Waals surface area contributed by atoms with E-state index in [1.165, 1.54) is 44.1 Å². The number of nitrogens with zero attached hydrogens (tertiary/aromatic N) is 5. The zero-order chi connectivity index (χ0) is 19.2. The van der Waals surface area contributed by atoms with Crippen LogP contribution in [0, 0.1) is 0 Å². The van der Waals surface area contributed by atoms with Crippen molar-refractivity contribution in [3.8, 4) is 11.3 Å². The molecule has 0 aromatic carbocycles. The Hall–Kier alpha value is -2.31. The minimum Gasteiger partial charge on any atom is -0.378 e. The van der Waals surface area contributed by atoms with Crippen LogP contribution in [-0.2, 0) is 4.74 Å². The lowest BCUT2D eigenvalue weighted by atomic mass is 9.80. The third kappa shape index (κ3) is 2.97. The second-order valence-electron chi connectivity index (χ2n) is 8.76. The molecule has 1 saturated carbocycles. The number of ether oxygens (including phenoxy) is 1. The first kappa shape index (κ1) is 17.5. The molecule has 6 rings (SSSR count). The van der Waals surface area contributed by atoms with Gasteiger partial charge in [0, 0.05) is 54.0 Å². The van der Waals surface area contributed by atoms with Gasteiger partial charge in [-0.2, -0.15) is 5.10 Å². The Bertz CT molecular complexity index is 979. The second-order valence-corrected chi connectivity index (χ2v) is 8.76. The maximum Gasteiger partial charge on any atom is 0.159 e. The van der Waals surface area contributed by atoms with E-state index in [1.54, 1.807) is 0 Å². The fraction of sp³-hybridized carbons (Fsp3) is 0.522. The van der Waals surface area contributed by atoms with E-state index in [-0.39, 0.29) is 0 Å². The summed E-state index contributed by atoms with van der Waals surface area (Å²) in [6.45, 7) is 1.86. The molecule has 3 aromatic heterocycles. The third-order valence-electron chi connectivity index (χ3n) is 7.21. The van der Waals surface area contributed by atoms with Gasteiger partial charge in [-0.25, -0.2) is 9.50 Å². The average molecular weight is 390 g/mol. The zero-order valence-corrected chi connectivity index (χ0v) is 16.7. The number of hydrogen-bond acceptors (Lipinski definition) is 5. The highest BCUT2D eigenvalue weighted by Crippen LogP contribution is 2.43. The number of fused-ring (bicyclic) bond motifs is 3. The van der Waals surface area contributed by atoms with E-state index in [0.29, 0.717) is 24.0 Å². The maximum absolute atomic E-state index is 5.80. The van der Waals surface area contributed by atoms with Gasteiger partial charge in [0.2, 0.25) is 0 Å². The number of rotatable bonds is 3. The van der Waals surface area contributed by atoms with Crippen molar-refractivity contribution in [1.82, 2.24) is 24.5 Å². The van der Waals surface area contributed by atoms with Gasteiger partial charge in [-0.05, 0) is 62.6 Å². The molecule has 5 heterocycles. The highest BCUT2D eigenvalue weighted by molar-refractivity contribution is 5.71. The SMILES string of the molecule is c1cnc2c(C3CCC(N4C5CCC4COC5)CC3)c(-c3ccncc3)nn2c1. The largest absolute Gasteiger partial charge is 0.378 e. The van der Waals surface area contributed by atoms with E-state index in [2.05, 4.69) is 22.0 Å². The summed E-state index contributed by atoms with van der Waals surface area (Å²) < 4.78 is 7.75. The molecule has 1 aliphatic carbocycles. The molecular formula is C23H27N5O. The van der Waals surface area contributed by atoms with Gasteiger partial charge >= 0.3 is 0 Å². The average Bonchev–Trinajstić information content (AvgIpc) is 3.29. The Kier molecular flexibility index (Phi) is 4.35. The van der Waals surface area contributed by atoms with Crippen LogP contribution in [0.3, 0.4) is 0 Å². The van der Waals surface area contributed by atoms with Crippen molar-refractivity contribution in [2.45, 2.75) is 62.6 Å². The van der Waals surface area contributed by atoms with E-state index in [9.17, 15) is 0 Å². The standard InChI is InChI=1S/C23H27N5O/c1-10-25-23-21(22(26-27(23)13-1)17-8-11-24-12-9-17)16-2-4-18(5-3-16)28-19-6-7-20(28)15-29-14-19/h1,8-13,16,18-20H,2-7,14-15H2. The monoisotopic (exact) mass is 389 g/mol. The van der Waals surface area contributed by atoms with Crippen LogP contribution in [0.4, 0.5) is 0 Å². The molecule has 0 spiro atoms. The molecule has 0 N–H and O–H groups in total. The topological polar surface area (TPSA) is 55.5 Å². The van der Waals surface area contributed by atoms with Crippen molar-refractivity contribution in [2.24, 2.45) is 0 Å². The minimum atomic E-state index is 0.514. The van der Waals surface area contributed by atoms with Crippen molar-refractivity contribution in [1.29, 1.82) is 0 Å². The molecule has 0 radical (unpaired) electrons. The third-order valence-corrected chi connectivity index (χ3v) is 7.21. The lowest BCUT2D eigenvalue weighted by Crippen LogP contribution is -2.52. The Morgan fingerprint density at radius 1 is 0.862 bits per heavy atom. The fourth-order valence-corrected chi connectivity index (χ4v) is 5.92. The molecule has 6 nitrogen and oxygen atoms in total. The van der Waals surface area contributed by atoms with Crippen molar-refractivity contribution < 1.29 is 4.74 Å². The van der Waals surface area contributed by atoms with E-state index < -0.39 is 0 Å². The maximum atomic E-state index is 5.80. The molecule has 29 heavy (non-hydrogen) atoms. The van der Waals surface area contributed by atoms with Crippen molar-refractivity contribution in [2.75, 3.05) is 13.2 Å². The molecule has 150 valence electrons. The van der Waals surface area contributed by atoms with Crippen molar-refractivity contribution >= 4 is 5.65 Å². The van der Waals surface area contributed by atoms with E-state index in [1.807, 2.05) is 35.4 Å². The van der Waals surface area contributed by atoms with Gasteiger partial charge in [0.15, 0.2) is 5.65 Å². The summed E-state index contributed by atoms with van der Waals surface area (Å²) in [4.78, 5) is 11.7. The second kappa shape index (κ2) is 7.18. The summed E-state index contributed by atoms with van der Waals surface area (Å²) in [5.74, 6) is 0.514. The molecule has 0 amide bonds. The van der Waals surface area contributed by atoms with Gasteiger partial charge in [0.1, 0.15) is 0 Å². The first-order chi connectivity index (χ1) is 14.4. The fourth-order valence-electron chi connectivity index (χ4n) is 5.92. The number of pyridine rings is 1. The number of hydrogen-bond donors (Lipinski definition) is 0. The molecule has 2 bridgehead atoms. The first-order valence-electron chi connectivity index (χ1n) is 11.0. The first-order valence-corrected chi connectivity index (χ1v) is 11.0. The Morgan fingerprint density at radius 2 is 1.59 bits per heavy atom. The predicted octanol–water partition coefficient (Wildman–Crippen LogP) is 3.68. The number of morpholine rings is 1. The Labute approximate surface area is 170 Å². The van der Waals surface area contributed by atoms with E-state index in [4.69, 9.17) is 14.8 Å². The predicted molar refractivity (Wildman–Crippen MR) is 111 cm³/mol. The molecule has 3 fully saturated rings. The highest BCUT2D eigenvalue weighted by Gasteiger charge is 2.42. The summed E-state index contributed by atoms with van der Waals surface area (Å²) in [6.07, 6.45) is 15.2. The summed E-state index contributed by atoms with van der Waals surface area (Å²) in [6, 6.07) is 8.09. The quantitative estimate of drug-likeness (QED) is 0.684. The lowest BCUT2D eigenvalue weighted by molar-refractivity contribution is -0.0441. The Morgan fingerprint density at radius 3 is 2.34 bits per heavy atom. The molecule has 2 unspecified atom stereocenters. The van der Waals surface area contributed by atoms with Crippen LogP contribution in [0.25, 0.3) is 16.9 Å². The normalized spacial score (nSPS) is 30.1. The molecule has 3 aromatic rings. The van der Waals surface area contributed by atoms with E-state index >= 15 is 0 Å². The van der Waals surface area contributed by atoms with Crippen LogP contribution < -0.4 is 0 Å². The Balaban J connectivity index is 1.30. The van der Waals surface area contributed by atoms with Gasteiger partial charge in [-0.3, -0.25) is 9.88 Å². The van der Waals surface area contributed by atoms with Gasteiger partial charge in [0.05, 0.1) is 18.9 Å². The molecule has 2 aliphatic heterocycles. The zero-order valence-electron chi connectivity index (χ0n) is 16.7. The molecule has 6 heteroatoms. The van der Waals surface area contributed by atoms with Crippen molar-refractivity contribution in [3.05, 3.63) is 48.5 Å². The van der Waals surface area contributed by atoms with Gasteiger partial charge in [-0.15, -0.1) is 0 Å². The van der Waals surface area contributed by atoms with Crippen LogP contribution in [0.2, 0.25) is 0 Å². The molecular weight excluding hydrogens is 362 g/mol. The van der Waals surface area contributed by atoms with Crippen LogP contribution in [0.15, 0.2) is 43.0 Å². The van der Waals surface area contributed by atoms with Crippen LogP contribution in [-0.4, -0.2) is 55.8 Å². The summed E-state index contributed by atoms with van der Waals surface area (Å²) in [7, 11) is 0. The van der Waals surface area contributed by atoms with E-state index in [0.717, 1.165) is 30.1 Å². The van der Waals surface area contributed by atoms with Crippen molar-refractivity contribution in [3.63, 3.8) is 0 Å². The van der Waals surface area contributed by atoms with Crippen LogP contribution >= 0.6 is 0 Å². The minimum absolute atomic E-state index is 0.514. The van der Waals surface area contributed by atoms with Crippen LogP contribution in [0.1, 0.15) is 50.0 Å².